The first-order valence-corrected chi connectivity index (χ1v) is 5.30. The molecular formula is C11H14N4O4. The second-order valence-corrected chi connectivity index (χ2v) is 3.22. The minimum absolute atomic E-state index is 0.0313. The van der Waals surface area contributed by atoms with Gasteiger partial charge in [0.25, 0.3) is 11.8 Å². The average Bonchev–Trinajstić information content (AvgIpc) is 2.88. The molecule has 19 heavy (non-hydrogen) atoms. The van der Waals surface area contributed by atoms with E-state index in [4.69, 9.17) is 9.68 Å². The van der Waals surface area contributed by atoms with Gasteiger partial charge in [-0.3, -0.25) is 24.4 Å². The van der Waals surface area contributed by atoms with E-state index in [9.17, 15) is 9.59 Å². The Bertz CT molecular complexity index is 429. The SMILES string of the molecule is C=CCONC(=O)c1cn[nH]c1C(=O)NOCC=C. The first-order valence-electron chi connectivity index (χ1n) is 5.30. The summed E-state index contributed by atoms with van der Waals surface area (Å²) in [6.07, 6.45) is 4.13. The van der Waals surface area contributed by atoms with Crippen LogP contribution in [0, 0.1) is 0 Å². The van der Waals surface area contributed by atoms with Crippen molar-refractivity contribution in [3.05, 3.63) is 42.8 Å². The molecule has 0 fully saturated rings. The monoisotopic (exact) mass is 266 g/mol. The van der Waals surface area contributed by atoms with Crippen LogP contribution in [0.25, 0.3) is 0 Å². The molecule has 0 spiro atoms. The molecule has 8 nitrogen and oxygen atoms in total. The van der Waals surface area contributed by atoms with E-state index >= 15 is 0 Å². The summed E-state index contributed by atoms with van der Waals surface area (Å²) in [5, 5.41) is 6.02. The molecular weight excluding hydrogens is 252 g/mol. The fraction of sp³-hybridized carbons (Fsp3) is 0.182. The zero-order valence-corrected chi connectivity index (χ0v) is 10.1. The van der Waals surface area contributed by atoms with Crippen LogP contribution in [0.15, 0.2) is 31.5 Å². The largest absolute Gasteiger partial charge is 0.293 e. The van der Waals surface area contributed by atoms with Crippen LogP contribution in [-0.4, -0.2) is 35.2 Å². The van der Waals surface area contributed by atoms with Gasteiger partial charge in [0.2, 0.25) is 0 Å². The second-order valence-electron chi connectivity index (χ2n) is 3.22. The van der Waals surface area contributed by atoms with Crippen LogP contribution in [0.3, 0.4) is 0 Å². The standard InChI is InChI=1S/C11H14N4O4/c1-3-5-18-14-10(16)8-7-12-13-9(8)11(17)15-19-6-4-2/h3-4,7H,1-2,5-6H2,(H,12,13)(H,14,16)(H,15,17). The highest BCUT2D eigenvalue weighted by Gasteiger charge is 2.19. The van der Waals surface area contributed by atoms with E-state index in [1.165, 1.54) is 18.3 Å². The molecule has 0 bridgehead atoms. The van der Waals surface area contributed by atoms with Crippen LogP contribution in [0.5, 0.6) is 0 Å². The first-order chi connectivity index (χ1) is 9.20. The van der Waals surface area contributed by atoms with Crippen molar-refractivity contribution in [2.75, 3.05) is 13.2 Å². The molecule has 0 atom stereocenters. The molecule has 0 saturated carbocycles. The molecule has 0 aromatic carbocycles. The minimum Gasteiger partial charge on any atom is -0.272 e. The number of nitrogens with zero attached hydrogens (tertiary/aromatic N) is 1. The van der Waals surface area contributed by atoms with Gasteiger partial charge in [-0.15, -0.1) is 13.2 Å². The van der Waals surface area contributed by atoms with E-state index in [0.29, 0.717) is 0 Å². The van der Waals surface area contributed by atoms with Gasteiger partial charge in [0, 0.05) is 0 Å². The topological polar surface area (TPSA) is 105 Å². The zero-order chi connectivity index (χ0) is 14.1. The van der Waals surface area contributed by atoms with E-state index in [-0.39, 0.29) is 24.5 Å². The quantitative estimate of drug-likeness (QED) is 0.352. The molecule has 1 aromatic rings. The summed E-state index contributed by atoms with van der Waals surface area (Å²) in [5.74, 6) is -1.24. The number of H-pyrrole nitrogens is 1. The molecule has 0 aliphatic rings. The third-order valence-corrected chi connectivity index (χ3v) is 1.84. The van der Waals surface area contributed by atoms with Crippen molar-refractivity contribution < 1.29 is 19.3 Å². The van der Waals surface area contributed by atoms with Crippen LogP contribution in [0.2, 0.25) is 0 Å². The van der Waals surface area contributed by atoms with E-state index in [2.05, 4.69) is 34.3 Å². The van der Waals surface area contributed by atoms with Crippen molar-refractivity contribution in [1.82, 2.24) is 21.2 Å². The Kier molecular flexibility index (Phi) is 5.99. The summed E-state index contributed by atoms with van der Waals surface area (Å²) in [6.45, 7) is 7.14. The highest BCUT2D eigenvalue weighted by atomic mass is 16.7. The summed E-state index contributed by atoms with van der Waals surface area (Å²) in [5.41, 5.74) is 4.26. The number of hydrogen-bond donors (Lipinski definition) is 3. The third kappa shape index (κ3) is 4.37. The summed E-state index contributed by atoms with van der Waals surface area (Å²) in [4.78, 5) is 32.9. The Morgan fingerprint density at radius 2 is 1.79 bits per heavy atom. The Balaban J connectivity index is 2.62. The lowest BCUT2D eigenvalue weighted by molar-refractivity contribution is 0.0389. The molecule has 1 aromatic heterocycles. The zero-order valence-electron chi connectivity index (χ0n) is 10.1. The van der Waals surface area contributed by atoms with Crippen LogP contribution in [0.4, 0.5) is 0 Å². The van der Waals surface area contributed by atoms with Crippen molar-refractivity contribution in [3.8, 4) is 0 Å². The summed E-state index contributed by atoms with van der Waals surface area (Å²) in [6, 6.07) is 0. The Hall–Kier alpha value is -2.45. The highest BCUT2D eigenvalue weighted by Crippen LogP contribution is 2.04. The van der Waals surface area contributed by atoms with Gasteiger partial charge in [0.15, 0.2) is 0 Å². The molecule has 0 radical (unpaired) electrons. The fourth-order valence-corrected chi connectivity index (χ4v) is 1.07. The predicted molar refractivity (Wildman–Crippen MR) is 65.8 cm³/mol. The van der Waals surface area contributed by atoms with Gasteiger partial charge < -0.3 is 0 Å². The van der Waals surface area contributed by atoms with E-state index in [0.717, 1.165) is 0 Å². The normalized spacial score (nSPS) is 9.68. The molecule has 3 N–H and O–H groups in total. The van der Waals surface area contributed by atoms with Gasteiger partial charge >= 0.3 is 0 Å². The molecule has 8 heteroatoms. The number of carbonyl (C=O) groups is 2. The van der Waals surface area contributed by atoms with Gasteiger partial charge in [0.1, 0.15) is 5.69 Å². The number of nitrogens with one attached hydrogen (secondary N) is 3. The van der Waals surface area contributed by atoms with Gasteiger partial charge in [-0.1, -0.05) is 12.2 Å². The molecule has 102 valence electrons. The smallest absolute Gasteiger partial charge is 0.272 e. The van der Waals surface area contributed by atoms with Gasteiger partial charge in [0.05, 0.1) is 25.0 Å². The van der Waals surface area contributed by atoms with Gasteiger partial charge in [-0.05, 0) is 0 Å². The predicted octanol–water partition coefficient (Wildman–Crippen LogP) is 0.104. The highest BCUT2D eigenvalue weighted by molar-refractivity contribution is 6.05. The van der Waals surface area contributed by atoms with Crippen LogP contribution in [-0.2, 0) is 9.68 Å². The van der Waals surface area contributed by atoms with Gasteiger partial charge in [-0.2, -0.15) is 5.10 Å². The lowest BCUT2D eigenvalue weighted by atomic mass is 10.2. The first kappa shape index (κ1) is 14.6. The van der Waals surface area contributed by atoms with Gasteiger partial charge in [-0.25, -0.2) is 11.0 Å². The Morgan fingerprint density at radius 3 is 2.37 bits per heavy atom. The maximum Gasteiger partial charge on any atom is 0.293 e. The second kappa shape index (κ2) is 7.80. The number of aromatic nitrogens is 2. The maximum atomic E-state index is 11.7. The number of hydroxylamine groups is 2. The molecule has 0 unspecified atom stereocenters. The minimum atomic E-state index is -0.631. The van der Waals surface area contributed by atoms with E-state index in [1.807, 2.05) is 0 Å². The molecule has 1 rings (SSSR count). The summed E-state index contributed by atoms with van der Waals surface area (Å²) in [7, 11) is 0. The maximum absolute atomic E-state index is 11.7. The summed E-state index contributed by atoms with van der Waals surface area (Å²) < 4.78 is 0. The molecule has 0 saturated heterocycles. The Labute approximate surface area is 109 Å². The van der Waals surface area contributed by atoms with E-state index < -0.39 is 11.8 Å². The third-order valence-electron chi connectivity index (χ3n) is 1.84. The van der Waals surface area contributed by atoms with Crippen LogP contribution in [0.1, 0.15) is 20.8 Å². The number of aromatic amines is 1. The molecule has 0 aliphatic carbocycles. The fourth-order valence-electron chi connectivity index (χ4n) is 1.07. The molecule has 1 heterocycles. The van der Waals surface area contributed by atoms with Crippen LogP contribution >= 0.6 is 0 Å². The van der Waals surface area contributed by atoms with E-state index in [1.54, 1.807) is 0 Å². The average molecular weight is 266 g/mol. The Morgan fingerprint density at radius 1 is 1.21 bits per heavy atom. The summed E-state index contributed by atoms with van der Waals surface area (Å²) >= 11 is 0. The molecule has 0 aliphatic heterocycles. The lowest BCUT2D eigenvalue weighted by Gasteiger charge is -2.05. The molecule has 2 amide bonds. The number of amides is 2. The van der Waals surface area contributed by atoms with Crippen molar-refractivity contribution >= 4 is 11.8 Å². The van der Waals surface area contributed by atoms with Crippen molar-refractivity contribution in [1.29, 1.82) is 0 Å². The van der Waals surface area contributed by atoms with Crippen molar-refractivity contribution in [3.63, 3.8) is 0 Å². The van der Waals surface area contributed by atoms with Crippen molar-refractivity contribution in [2.45, 2.75) is 0 Å². The van der Waals surface area contributed by atoms with Crippen LogP contribution < -0.4 is 11.0 Å². The number of hydrogen-bond acceptors (Lipinski definition) is 5. The van der Waals surface area contributed by atoms with Crippen molar-refractivity contribution in [2.24, 2.45) is 0 Å². The number of rotatable bonds is 8. The lowest BCUT2D eigenvalue weighted by Crippen LogP contribution is -2.29. The number of carbonyl (C=O) groups excluding carboxylic acids is 2.